The van der Waals surface area contributed by atoms with Crippen molar-refractivity contribution in [3.8, 4) is 11.1 Å². The van der Waals surface area contributed by atoms with Gasteiger partial charge in [0.1, 0.15) is 0 Å². The maximum absolute atomic E-state index is 4.99. The van der Waals surface area contributed by atoms with E-state index in [1.165, 1.54) is 49.3 Å². The van der Waals surface area contributed by atoms with Gasteiger partial charge in [0.05, 0.1) is 16.6 Å². The van der Waals surface area contributed by atoms with Crippen molar-refractivity contribution in [2.45, 2.75) is 13.8 Å². The third-order valence-electron chi connectivity index (χ3n) is 6.05. The van der Waals surface area contributed by atoms with Crippen molar-refractivity contribution in [3.63, 3.8) is 0 Å². The maximum atomic E-state index is 4.99. The maximum Gasteiger partial charge on any atom is 0.0934 e. The van der Waals surface area contributed by atoms with Crippen LogP contribution in [0.25, 0.3) is 49.2 Å². The zero-order valence-corrected chi connectivity index (χ0v) is 16.5. The summed E-state index contributed by atoms with van der Waals surface area (Å²) in [6.45, 7) is 4.40. The van der Waals surface area contributed by atoms with E-state index in [1.807, 2.05) is 0 Å². The van der Waals surface area contributed by atoms with Gasteiger partial charge in [-0.2, -0.15) is 5.10 Å². The Morgan fingerprint density at radius 1 is 0.621 bits per heavy atom. The highest BCUT2D eigenvalue weighted by Crippen LogP contribution is 2.40. The molecule has 0 spiro atoms. The molecule has 2 aromatic heterocycles. The van der Waals surface area contributed by atoms with E-state index in [4.69, 9.17) is 5.10 Å². The summed E-state index contributed by atoms with van der Waals surface area (Å²) >= 11 is 0. The zero-order valence-electron chi connectivity index (χ0n) is 16.5. The lowest BCUT2D eigenvalue weighted by atomic mass is 9.90. The van der Waals surface area contributed by atoms with Crippen LogP contribution >= 0.6 is 0 Å². The van der Waals surface area contributed by atoms with Gasteiger partial charge in [-0.25, -0.2) is 4.52 Å². The van der Waals surface area contributed by atoms with Gasteiger partial charge >= 0.3 is 0 Å². The molecule has 0 aliphatic heterocycles. The lowest BCUT2D eigenvalue weighted by Crippen LogP contribution is -1.96. The molecule has 0 atom stereocenters. The van der Waals surface area contributed by atoms with Gasteiger partial charge in [0.15, 0.2) is 0 Å². The highest BCUT2D eigenvalue weighted by Gasteiger charge is 2.17. The summed E-state index contributed by atoms with van der Waals surface area (Å²) in [4.78, 5) is 0. The van der Waals surface area contributed by atoms with Gasteiger partial charge in [-0.1, -0.05) is 72.8 Å². The molecule has 0 fully saturated rings. The molecule has 0 radical (unpaired) electrons. The topological polar surface area (TPSA) is 17.3 Å². The van der Waals surface area contributed by atoms with E-state index in [2.05, 4.69) is 103 Å². The highest BCUT2D eigenvalue weighted by molar-refractivity contribution is 6.21. The number of hydrogen-bond acceptors (Lipinski definition) is 1. The quantitative estimate of drug-likeness (QED) is 0.282. The third kappa shape index (κ3) is 2.20. The summed E-state index contributed by atoms with van der Waals surface area (Å²) in [7, 11) is 0. The first-order valence-corrected chi connectivity index (χ1v) is 10.0. The molecule has 138 valence electrons. The molecule has 0 saturated heterocycles. The molecule has 0 aliphatic carbocycles. The summed E-state index contributed by atoms with van der Waals surface area (Å²) in [6, 6.07) is 30.3. The molecule has 0 saturated carbocycles. The van der Waals surface area contributed by atoms with E-state index >= 15 is 0 Å². The molecule has 0 N–H and O–H groups in total. The summed E-state index contributed by atoms with van der Waals surface area (Å²) in [5, 5.41) is 9.97. The fourth-order valence-corrected chi connectivity index (χ4v) is 4.82. The standard InChI is InChI=1S/C27H20N2/c1-17-9-7-10-18(2)25(17)22-14-8-16-24-26(22)19-11-3-4-12-20(19)27-21-13-5-6-15-23(21)28-29(24)27/h3-16H,1-2H3. The normalized spacial score (nSPS) is 11.8. The lowest BCUT2D eigenvalue weighted by molar-refractivity contribution is 1.03. The van der Waals surface area contributed by atoms with Crippen LogP contribution in [0.15, 0.2) is 84.9 Å². The second-order valence-corrected chi connectivity index (χ2v) is 7.79. The number of rotatable bonds is 1. The SMILES string of the molecule is Cc1cccc(C)c1-c1cccc2c1c1ccccc1c1c3ccccc3nn21. The van der Waals surface area contributed by atoms with Crippen LogP contribution in [-0.2, 0) is 0 Å². The van der Waals surface area contributed by atoms with Gasteiger partial charge in [-0.3, -0.25) is 0 Å². The average molecular weight is 372 g/mol. The van der Waals surface area contributed by atoms with Gasteiger partial charge in [0.25, 0.3) is 0 Å². The number of pyridine rings is 1. The molecule has 0 amide bonds. The van der Waals surface area contributed by atoms with Crippen LogP contribution < -0.4 is 0 Å². The Labute approximate surface area is 169 Å². The van der Waals surface area contributed by atoms with Crippen molar-refractivity contribution in [3.05, 3.63) is 96.1 Å². The number of benzene rings is 4. The van der Waals surface area contributed by atoms with Crippen molar-refractivity contribution in [1.29, 1.82) is 0 Å². The van der Waals surface area contributed by atoms with Crippen molar-refractivity contribution < 1.29 is 0 Å². The lowest BCUT2D eigenvalue weighted by Gasteiger charge is -2.16. The minimum atomic E-state index is 1.03. The molecule has 6 rings (SSSR count). The van der Waals surface area contributed by atoms with Gasteiger partial charge in [0, 0.05) is 16.2 Å². The van der Waals surface area contributed by atoms with Gasteiger partial charge < -0.3 is 0 Å². The number of nitrogens with zero attached hydrogens (tertiary/aromatic N) is 2. The first-order chi connectivity index (χ1) is 14.2. The summed E-state index contributed by atoms with van der Waals surface area (Å²) in [5.74, 6) is 0. The molecule has 2 heterocycles. The van der Waals surface area contributed by atoms with E-state index in [-0.39, 0.29) is 0 Å². The van der Waals surface area contributed by atoms with Crippen molar-refractivity contribution in [1.82, 2.24) is 9.61 Å². The molecule has 2 heteroatoms. The van der Waals surface area contributed by atoms with Crippen LogP contribution in [0.1, 0.15) is 11.1 Å². The molecule has 29 heavy (non-hydrogen) atoms. The molecular formula is C27H20N2. The molecule has 6 aromatic rings. The van der Waals surface area contributed by atoms with Crippen LogP contribution in [0.3, 0.4) is 0 Å². The number of hydrogen-bond donors (Lipinski definition) is 0. The van der Waals surface area contributed by atoms with Crippen LogP contribution in [-0.4, -0.2) is 9.61 Å². The Morgan fingerprint density at radius 2 is 1.28 bits per heavy atom. The van der Waals surface area contributed by atoms with Crippen LogP contribution in [0.4, 0.5) is 0 Å². The van der Waals surface area contributed by atoms with Gasteiger partial charge in [-0.15, -0.1) is 0 Å². The Kier molecular flexibility index (Phi) is 3.33. The average Bonchev–Trinajstić information content (AvgIpc) is 3.14. The molecule has 0 bridgehead atoms. The Balaban J connectivity index is 1.93. The van der Waals surface area contributed by atoms with E-state index < -0.39 is 0 Å². The Bertz CT molecular complexity index is 1550. The van der Waals surface area contributed by atoms with Gasteiger partial charge in [0.2, 0.25) is 0 Å². The van der Waals surface area contributed by atoms with Crippen LogP contribution in [0.5, 0.6) is 0 Å². The van der Waals surface area contributed by atoms with Crippen molar-refractivity contribution in [2.75, 3.05) is 0 Å². The van der Waals surface area contributed by atoms with E-state index in [0.29, 0.717) is 0 Å². The minimum absolute atomic E-state index is 1.03. The van der Waals surface area contributed by atoms with Gasteiger partial charge in [-0.05, 0) is 53.6 Å². The summed E-state index contributed by atoms with van der Waals surface area (Å²) in [5.41, 5.74) is 8.55. The second-order valence-electron chi connectivity index (χ2n) is 7.79. The van der Waals surface area contributed by atoms with Crippen LogP contribution in [0.2, 0.25) is 0 Å². The van der Waals surface area contributed by atoms with Crippen LogP contribution in [0, 0.1) is 13.8 Å². The third-order valence-corrected chi connectivity index (χ3v) is 6.05. The summed E-state index contributed by atoms with van der Waals surface area (Å²) in [6.07, 6.45) is 0. The van der Waals surface area contributed by atoms with E-state index in [9.17, 15) is 0 Å². The monoisotopic (exact) mass is 372 g/mol. The first-order valence-electron chi connectivity index (χ1n) is 10.0. The van der Waals surface area contributed by atoms with Crippen molar-refractivity contribution in [2.24, 2.45) is 0 Å². The number of aryl methyl sites for hydroxylation is 2. The van der Waals surface area contributed by atoms with Crippen molar-refractivity contribution >= 4 is 38.1 Å². The number of fused-ring (bicyclic) bond motifs is 8. The fraction of sp³-hybridized carbons (Fsp3) is 0.0741. The largest absolute Gasteiger partial charge is 0.231 e. The Hall–Kier alpha value is -3.65. The summed E-state index contributed by atoms with van der Waals surface area (Å²) < 4.78 is 2.14. The molecule has 0 unspecified atom stereocenters. The molecule has 2 nitrogen and oxygen atoms in total. The second kappa shape index (κ2) is 5.92. The zero-order chi connectivity index (χ0) is 19.5. The van der Waals surface area contributed by atoms with E-state index in [1.54, 1.807) is 0 Å². The molecule has 4 aromatic carbocycles. The predicted octanol–water partition coefficient (Wildman–Crippen LogP) is 7.08. The predicted molar refractivity (Wildman–Crippen MR) is 123 cm³/mol. The molecular weight excluding hydrogens is 352 g/mol. The number of aromatic nitrogens is 2. The highest BCUT2D eigenvalue weighted by atomic mass is 15.2. The smallest absolute Gasteiger partial charge is 0.0934 e. The fourth-order valence-electron chi connectivity index (χ4n) is 4.82. The molecule has 0 aliphatic rings. The van der Waals surface area contributed by atoms with E-state index in [0.717, 1.165) is 11.0 Å². The Morgan fingerprint density at radius 3 is 2.07 bits per heavy atom. The first kappa shape index (κ1) is 16.3. The minimum Gasteiger partial charge on any atom is -0.231 e.